The van der Waals surface area contributed by atoms with Crippen LogP contribution in [0.1, 0.15) is 23.0 Å². The van der Waals surface area contributed by atoms with Gasteiger partial charge in [-0.05, 0) is 48.4 Å². The Morgan fingerprint density at radius 2 is 1.88 bits per heavy atom. The lowest BCUT2D eigenvalue weighted by Gasteiger charge is -2.08. The largest absolute Gasteiger partial charge is 0.324 e. The molecule has 0 radical (unpaired) electrons. The quantitative estimate of drug-likeness (QED) is 0.649. The maximum Gasteiger partial charge on any atom is 0.274 e. The molecule has 0 aliphatic heterocycles. The summed E-state index contributed by atoms with van der Waals surface area (Å²) < 4.78 is 0.894. The fourth-order valence-corrected chi connectivity index (χ4v) is 2.66. The number of halogens is 1. The first-order valence-electron chi connectivity index (χ1n) is 7.90. The van der Waals surface area contributed by atoms with Crippen LogP contribution in [0.25, 0.3) is 0 Å². The number of aryl methyl sites for hydroxylation is 1. The summed E-state index contributed by atoms with van der Waals surface area (Å²) in [6.45, 7) is 2.11. The minimum atomic E-state index is -0.287. The van der Waals surface area contributed by atoms with Gasteiger partial charge in [-0.15, -0.1) is 0 Å². The van der Waals surface area contributed by atoms with Crippen LogP contribution < -0.4 is 10.6 Å². The highest BCUT2D eigenvalue weighted by Gasteiger charge is 2.09. The molecule has 5 nitrogen and oxygen atoms in total. The van der Waals surface area contributed by atoms with E-state index < -0.39 is 0 Å². The van der Waals surface area contributed by atoms with E-state index in [9.17, 15) is 4.79 Å². The maximum atomic E-state index is 12.4. The van der Waals surface area contributed by atoms with E-state index in [1.807, 2.05) is 48.5 Å². The molecule has 2 N–H and O–H groups in total. The Labute approximate surface area is 154 Å². The Morgan fingerprint density at radius 3 is 2.60 bits per heavy atom. The van der Waals surface area contributed by atoms with E-state index in [0.717, 1.165) is 16.6 Å². The number of anilines is 3. The lowest BCUT2D eigenvalue weighted by molar-refractivity contribution is 0.102. The SMILES string of the molecule is CCc1ccc(Nc2nccc(C(=O)Nc3cccc(Br)c3)n2)cc1. The smallest absolute Gasteiger partial charge is 0.274 e. The van der Waals surface area contributed by atoms with Gasteiger partial charge in [-0.1, -0.05) is 41.1 Å². The van der Waals surface area contributed by atoms with Crippen LogP contribution in [0.5, 0.6) is 0 Å². The third kappa shape index (κ3) is 4.64. The van der Waals surface area contributed by atoms with Gasteiger partial charge in [-0.25, -0.2) is 9.97 Å². The number of nitrogens with zero attached hydrogens (tertiary/aromatic N) is 2. The van der Waals surface area contributed by atoms with Gasteiger partial charge in [0.15, 0.2) is 0 Å². The van der Waals surface area contributed by atoms with Gasteiger partial charge < -0.3 is 10.6 Å². The highest BCUT2D eigenvalue weighted by atomic mass is 79.9. The fourth-order valence-electron chi connectivity index (χ4n) is 2.26. The molecule has 25 heavy (non-hydrogen) atoms. The number of aromatic nitrogens is 2. The van der Waals surface area contributed by atoms with Crippen LogP contribution in [0.2, 0.25) is 0 Å². The zero-order valence-corrected chi connectivity index (χ0v) is 15.2. The topological polar surface area (TPSA) is 66.9 Å². The van der Waals surface area contributed by atoms with Crippen molar-refractivity contribution >= 4 is 39.2 Å². The molecule has 1 heterocycles. The fraction of sp³-hybridized carbons (Fsp3) is 0.105. The molecule has 126 valence electrons. The first-order chi connectivity index (χ1) is 12.1. The highest BCUT2D eigenvalue weighted by molar-refractivity contribution is 9.10. The number of nitrogens with one attached hydrogen (secondary N) is 2. The number of carbonyl (C=O) groups is 1. The zero-order chi connectivity index (χ0) is 17.6. The van der Waals surface area contributed by atoms with Crippen molar-refractivity contribution in [3.05, 3.63) is 76.5 Å². The molecule has 0 unspecified atom stereocenters. The number of hydrogen-bond donors (Lipinski definition) is 2. The molecule has 3 aromatic rings. The van der Waals surface area contributed by atoms with Crippen molar-refractivity contribution in [2.75, 3.05) is 10.6 Å². The van der Waals surface area contributed by atoms with Crippen molar-refractivity contribution < 1.29 is 4.79 Å². The average Bonchev–Trinajstić information content (AvgIpc) is 2.62. The molecule has 0 aliphatic rings. The molecule has 0 saturated heterocycles. The number of carbonyl (C=O) groups excluding carboxylic acids is 1. The van der Waals surface area contributed by atoms with E-state index in [-0.39, 0.29) is 5.91 Å². The normalized spacial score (nSPS) is 10.3. The standard InChI is InChI=1S/C19H17BrN4O/c1-2-13-6-8-15(9-7-13)23-19-21-11-10-17(24-19)18(25)22-16-5-3-4-14(20)12-16/h3-12H,2H2,1H3,(H,22,25)(H,21,23,24). The van der Waals surface area contributed by atoms with E-state index in [0.29, 0.717) is 17.3 Å². The molecule has 1 amide bonds. The van der Waals surface area contributed by atoms with E-state index in [4.69, 9.17) is 0 Å². The highest BCUT2D eigenvalue weighted by Crippen LogP contribution is 2.17. The molecular weight excluding hydrogens is 380 g/mol. The molecule has 0 bridgehead atoms. The van der Waals surface area contributed by atoms with Crippen molar-refractivity contribution in [3.8, 4) is 0 Å². The molecule has 3 rings (SSSR count). The summed E-state index contributed by atoms with van der Waals surface area (Å²) in [5.74, 6) is 0.0935. The summed E-state index contributed by atoms with van der Waals surface area (Å²) in [6, 6.07) is 17.0. The van der Waals surface area contributed by atoms with Crippen LogP contribution in [0.4, 0.5) is 17.3 Å². The molecule has 6 heteroatoms. The van der Waals surface area contributed by atoms with E-state index in [1.165, 1.54) is 5.56 Å². The minimum Gasteiger partial charge on any atom is -0.324 e. The van der Waals surface area contributed by atoms with Crippen molar-refractivity contribution in [1.29, 1.82) is 0 Å². The van der Waals surface area contributed by atoms with Gasteiger partial charge in [0, 0.05) is 22.0 Å². The molecular formula is C19H17BrN4O. The second kappa shape index (κ2) is 7.90. The van der Waals surface area contributed by atoms with Crippen molar-refractivity contribution in [1.82, 2.24) is 9.97 Å². The summed E-state index contributed by atoms with van der Waals surface area (Å²) in [5.41, 5.74) is 3.13. The van der Waals surface area contributed by atoms with Gasteiger partial charge in [-0.3, -0.25) is 4.79 Å². The molecule has 0 atom stereocenters. The molecule has 0 aliphatic carbocycles. The Morgan fingerprint density at radius 1 is 1.08 bits per heavy atom. The number of amides is 1. The molecule has 2 aromatic carbocycles. The Bertz CT molecular complexity index is 881. The van der Waals surface area contributed by atoms with Gasteiger partial charge in [-0.2, -0.15) is 0 Å². The second-order valence-corrected chi connectivity index (χ2v) is 6.32. The van der Waals surface area contributed by atoms with Crippen LogP contribution >= 0.6 is 15.9 Å². The summed E-state index contributed by atoms with van der Waals surface area (Å²) in [7, 11) is 0. The van der Waals surface area contributed by atoms with E-state index >= 15 is 0 Å². The third-order valence-corrected chi connectivity index (χ3v) is 4.08. The average molecular weight is 397 g/mol. The van der Waals surface area contributed by atoms with Crippen LogP contribution in [0.15, 0.2) is 65.3 Å². The molecule has 0 fully saturated rings. The number of benzene rings is 2. The molecule has 1 aromatic heterocycles. The monoisotopic (exact) mass is 396 g/mol. The Balaban J connectivity index is 1.72. The van der Waals surface area contributed by atoms with Crippen molar-refractivity contribution in [3.63, 3.8) is 0 Å². The predicted molar refractivity (Wildman–Crippen MR) is 103 cm³/mol. The Hall–Kier alpha value is -2.73. The summed E-state index contributed by atoms with van der Waals surface area (Å²) in [5, 5.41) is 5.93. The lowest BCUT2D eigenvalue weighted by atomic mass is 10.1. The van der Waals surface area contributed by atoms with Gasteiger partial charge in [0.1, 0.15) is 5.69 Å². The molecule has 0 saturated carbocycles. The lowest BCUT2D eigenvalue weighted by Crippen LogP contribution is -2.14. The van der Waals surface area contributed by atoms with E-state index in [1.54, 1.807) is 12.3 Å². The first-order valence-corrected chi connectivity index (χ1v) is 8.69. The Kier molecular flexibility index (Phi) is 5.40. The van der Waals surface area contributed by atoms with Crippen LogP contribution in [0, 0.1) is 0 Å². The van der Waals surface area contributed by atoms with E-state index in [2.05, 4.69) is 43.5 Å². The second-order valence-electron chi connectivity index (χ2n) is 5.41. The van der Waals surface area contributed by atoms with Crippen LogP contribution in [-0.2, 0) is 6.42 Å². The predicted octanol–water partition coefficient (Wildman–Crippen LogP) is 4.80. The van der Waals surface area contributed by atoms with Gasteiger partial charge in [0.05, 0.1) is 0 Å². The summed E-state index contributed by atoms with van der Waals surface area (Å²) in [6.07, 6.45) is 2.55. The van der Waals surface area contributed by atoms with Crippen molar-refractivity contribution in [2.24, 2.45) is 0 Å². The van der Waals surface area contributed by atoms with Gasteiger partial charge in [0.25, 0.3) is 5.91 Å². The zero-order valence-electron chi connectivity index (χ0n) is 13.7. The van der Waals surface area contributed by atoms with Gasteiger partial charge in [0.2, 0.25) is 5.95 Å². The third-order valence-electron chi connectivity index (χ3n) is 3.59. The minimum absolute atomic E-state index is 0.287. The maximum absolute atomic E-state index is 12.4. The number of hydrogen-bond acceptors (Lipinski definition) is 4. The summed E-state index contributed by atoms with van der Waals surface area (Å²) in [4.78, 5) is 20.8. The van der Waals surface area contributed by atoms with Crippen LogP contribution in [0.3, 0.4) is 0 Å². The van der Waals surface area contributed by atoms with Crippen LogP contribution in [-0.4, -0.2) is 15.9 Å². The number of rotatable bonds is 5. The summed E-state index contributed by atoms with van der Waals surface area (Å²) >= 11 is 3.38. The van der Waals surface area contributed by atoms with Gasteiger partial charge >= 0.3 is 0 Å². The molecule has 0 spiro atoms. The van der Waals surface area contributed by atoms with Crippen molar-refractivity contribution in [2.45, 2.75) is 13.3 Å². The first kappa shape index (κ1) is 17.1.